The van der Waals surface area contributed by atoms with Crippen LogP contribution in [0.4, 0.5) is 0 Å². The molecule has 15 heteroatoms. The Labute approximate surface area is 319 Å². The lowest BCUT2D eigenvalue weighted by molar-refractivity contribution is -0.132. The van der Waals surface area contributed by atoms with Crippen molar-refractivity contribution in [2.45, 2.75) is 58.9 Å². The predicted octanol–water partition coefficient (Wildman–Crippen LogP) is 6.26. The number of carbonyl (C=O) groups excluding carboxylic acids is 4. The van der Waals surface area contributed by atoms with Crippen molar-refractivity contribution in [3.05, 3.63) is 71.7 Å². The molecule has 5 aromatic rings. The summed E-state index contributed by atoms with van der Waals surface area (Å²) in [5.41, 5.74) is 5.63. The van der Waals surface area contributed by atoms with Gasteiger partial charge >= 0.3 is 0 Å². The van der Waals surface area contributed by atoms with Crippen molar-refractivity contribution < 1.29 is 23.9 Å². The molecule has 0 saturated carbocycles. The molecule has 13 nitrogen and oxygen atoms in total. The number of likely N-dealkylation sites (N-methyl/N-ethyl adjacent to an activating group) is 1. The number of benzene rings is 1. The number of nitrogens with zero attached hydrogens (tertiary/aromatic N) is 4. The maximum atomic E-state index is 12.2. The number of rotatable bonds is 8. The Morgan fingerprint density at radius 2 is 1.34 bits per heavy atom. The number of hydrogen-bond acceptors (Lipinski definition) is 10. The third-order valence-electron chi connectivity index (χ3n) is 7.99. The largest absolute Gasteiger partial charge is 0.471 e. The van der Waals surface area contributed by atoms with Crippen LogP contribution in [0.3, 0.4) is 0 Å². The highest BCUT2D eigenvalue weighted by atomic mass is 32.1. The Morgan fingerprint density at radius 1 is 0.868 bits per heavy atom. The molecule has 0 spiro atoms. The quantitative estimate of drug-likeness (QED) is 0.135. The van der Waals surface area contributed by atoms with Crippen LogP contribution >= 0.6 is 22.7 Å². The zero-order valence-corrected chi connectivity index (χ0v) is 32.9. The maximum absolute atomic E-state index is 12.2. The number of carbonyl (C=O) groups is 4. The van der Waals surface area contributed by atoms with E-state index in [2.05, 4.69) is 59.9 Å². The summed E-state index contributed by atoms with van der Waals surface area (Å²) in [7, 11) is 3.15. The van der Waals surface area contributed by atoms with E-state index in [0.29, 0.717) is 6.47 Å². The van der Waals surface area contributed by atoms with Crippen molar-refractivity contribution >= 4 is 56.3 Å². The number of fused-ring (bicyclic) bond motifs is 1. The lowest BCUT2D eigenvalue weighted by Crippen LogP contribution is -2.38. The fourth-order valence-electron chi connectivity index (χ4n) is 5.48. The highest BCUT2D eigenvalue weighted by molar-refractivity contribution is 7.27. The second-order valence-electron chi connectivity index (χ2n) is 12.1. The minimum Gasteiger partial charge on any atom is -0.471 e. The van der Waals surface area contributed by atoms with Gasteiger partial charge in [0.1, 0.15) is 6.04 Å². The fraction of sp³-hybridized carbons (Fsp3) is 0.421. The Kier molecular flexibility index (Phi) is 19.0. The van der Waals surface area contributed by atoms with Gasteiger partial charge in [-0.05, 0) is 38.3 Å². The van der Waals surface area contributed by atoms with Crippen LogP contribution < -0.4 is 10.6 Å². The molecule has 7 rings (SSSR count). The molecule has 6 heterocycles. The van der Waals surface area contributed by atoms with E-state index in [-0.39, 0.29) is 30.3 Å². The monoisotopic (exact) mass is 764 g/mol. The van der Waals surface area contributed by atoms with Crippen molar-refractivity contribution in [1.29, 1.82) is 0 Å². The molecule has 4 aromatic heterocycles. The smallest absolute Gasteiger partial charge is 0.292 e. The third-order valence-corrected chi connectivity index (χ3v) is 10.1. The molecule has 4 N–H and O–H groups in total. The van der Waals surface area contributed by atoms with Crippen LogP contribution in [0.1, 0.15) is 64.5 Å². The normalized spacial score (nSPS) is 13.5. The van der Waals surface area contributed by atoms with Gasteiger partial charge in [0.2, 0.25) is 17.7 Å². The van der Waals surface area contributed by atoms with Crippen LogP contribution in [0, 0.1) is 0 Å². The number of hydrogen-bond donors (Lipinski definition) is 4. The van der Waals surface area contributed by atoms with Crippen LogP contribution in [-0.4, -0.2) is 101 Å². The van der Waals surface area contributed by atoms with Crippen molar-refractivity contribution in [3.63, 3.8) is 0 Å². The number of methoxy groups -OCH3 is 1. The van der Waals surface area contributed by atoms with Gasteiger partial charge in [0.15, 0.2) is 0 Å². The third kappa shape index (κ3) is 13.3. The summed E-state index contributed by atoms with van der Waals surface area (Å²) >= 11 is 3.52. The van der Waals surface area contributed by atoms with E-state index in [1.54, 1.807) is 40.2 Å². The molecule has 2 aliphatic heterocycles. The van der Waals surface area contributed by atoms with Crippen LogP contribution in [0.5, 0.6) is 0 Å². The lowest BCUT2D eigenvalue weighted by atomic mass is 10.1. The Bertz CT molecular complexity index is 1690. The molecule has 2 fully saturated rings. The van der Waals surface area contributed by atoms with Crippen molar-refractivity contribution in [2.24, 2.45) is 0 Å². The van der Waals surface area contributed by atoms with E-state index in [1.807, 2.05) is 54.7 Å². The number of H-pyrrole nitrogens is 2. The molecular formula is C38H52N8O5S2. The fourth-order valence-corrected chi connectivity index (χ4v) is 7.90. The van der Waals surface area contributed by atoms with Crippen LogP contribution in [-0.2, 0) is 23.9 Å². The van der Waals surface area contributed by atoms with E-state index in [1.165, 1.54) is 41.0 Å². The molecule has 1 aromatic carbocycles. The molecule has 2 saturated heterocycles. The average Bonchev–Trinajstić information content (AvgIpc) is 4.01. The number of aromatic amines is 2. The Balaban J connectivity index is 0.000000200. The van der Waals surface area contributed by atoms with Crippen LogP contribution in [0.2, 0.25) is 0 Å². The molecule has 1 unspecified atom stereocenters. The molecular weight excluding hydrogens is 713 g/mol. The molecule has 3 amide bonds. The topological polar surface area (TPSA) is 165 Å². The van der Waals surface area contributed by atoms with Gasteiger partial charge in [-0.1, -0.05) is 50.6 Å². The van der Waals surface area contributed by atoms with Gasteiger partial charge in [-0.15, -0.1) is 22.7 Å². The first-order valence-electron chi connectivity index (χ1n) is 17.7. The van der Waals surface area contributed by atoms with Gasteiger partial charge in [-0.2, -0.15) is 0 Å². The van der Waals surface area contributed by atoms with E-state index >= 15 is 0 Å². The number of thiophene rings is 2. The zero-order chi connectivity index (χ0) is 38.4. The summed E-state index contributed by atoms with van der Waals surface area (Å²) < 4.78 is 6.46. The van der Waals surface area contributed by atoms with Gasteiger partial charge < -0.3 is 35.1 Å². The number of nitrogens with one attached hydrogen (secondary N) is 4. The molecule has 53 heavy (non-hydrogen) atoms. The SMILES string of the molecule is CC(=O)NCC(=O)N1CCCC1.CCC.CNC(C(=O)N1CCCC1)c1ccccc1.COC=O.c1ncc(-c2csc3c(-c4cnc[nH]4)csc23)[nH]1. The highest BCUT2D eigenvalue weighted by Crippen LogP contribution is 2.42. The summed E-state index contributed by atoms with van der Waals surface area (Å²) in [5, 5.41) is 9.95. The van der Waals surface area contributed by atoms with Crippen LogP contribution in [0.25, 0.3) is 31.9 Å². The summed E-state index contributed by atoms with van der Waals surface area (Å²) in [5.74, 6) is 0.0800. The molecule has 0 aliphatic carbocycles. The van der Waals surface area contributed by atoms with Crippen molar-refractivity contribution in [3.8, 4) is 22.5 Å². The zero-order valence-electron chi connectivity index (χ0n) is 31.2. The molecule has 0 radical (unpaired) electrons. The highest BCUT2D eigenvalue weighted by Gasteiger charge is 2.26. The predicted molar refractivity (Wildman–Crippen MR) is 212 cm³/mol. The maximum Gasteiger partial charge on any atom is 0.292 e. The van der Waals surface area contributed by atoms with E-state index in [0.717, 1.165) is 68.8 Å². The second kappa shape index (κ2) is 23.7. The van der Waals surface area contributed by atoms with Gasteiger partial charge in [-0.3, -0.25) is 19.2 Å². The summed E-state index contributed by atoms with van der Waals surface area (Å²) in [6.07, 6.45) is 12.8. The molecule has 2 aliphatic rings. The Hall–Kier alpha value is -4.86. The molecule has 1 atom stereocenters. The van der Waals surface area contributed by atoms with Gasteiger partial charge in [0, 0.05) is 55.0 Å². The van der Waals surface area contributed by atoms with Crippen molar-refractivity contribution in [2.75, 3.05) is 46.9 Å². The van der Waals surface area contributed by atoms with Gasteiger partial charge in [-0.25, -0.2) is 9.97 Å². The second-order valence-corrected chi connectivity index (χ2v) is 13.8. The van der Waals surface area contributed by atoms with E-state index in [9.17, 15) is 14.4 Å². The first kappa shape index (κ1) is 42.6. The van der Waals surface area contributed by atoms with Crippen LogP contribution in [0.15, 0.2) is 66.1 Å². The average molecular weight is 765 g/mol. The molecule has 0 bridgehead atoms. The number of likely N-dealkylation sites (tertiary alicyclic amines) is 2. The van der Waals surface area contributed by atoms with Gasteiger partial charge in [0.25, 0.3) is 6.47 Å². The number of aromatic nitrogens is 4. The van der Waals surface area contributed by atoms with E-state index < -0.39 is 0 Å². The number of imidazole rings is 2. The molecule has 286 valence electrons. The van der Waals surface area contributed by atoms with Gasteiger partial charge in [0.05, 0.1) is 59.5 Å². The lowest BCUT2D eigenvalue weighted by Gasteiger charge is -2.23. The summed E-state index contributed by atoms with van der Waals surface area (Å²) in [6.45, 7) is 9.69. The Morgan fingerprint density at radius 3 is 1.74 bits per heavy atom. The minimum absolute atomic E-state index is 0.0303. The first-order valence-corrected chi connectivity index (χ1v) is 19.5. The standard InChI is InChI=1S/C13H18N2O.C12H8N4S2.C8H14N2O2.C3H8.C2H4O2/c1-14-12(11-7-3-2-4-8-11)13(16)15-9-5-6-10-15;1-9(15-5-13-1)7-3-17-12-8(4-18-11(7)12)10-2-14-6-16-10;1-7(11)9-6-8(12)10-4-2-3-5-10;1-3-2;1-4-2-3/h2-4,7-8,12,14H,5-6,9-10H2,1H3;1-6H,(H,13,15)(H,14,16);2-6H2,1H3,(H,9,11);3H2,1-2H3;2H,1H3. The first-order chi connectivity index (χ1) is 25.8. The van der Waals surface area contributed by atoms with E-state index in [4.69, 9.17) is 4.79 Å². The number of amides is 3. The number of ether oxygens (including phenoxy) is 1. The summed E-state index contributed by atoms with van der Waals surface area (Å²) in [4.78, 5) is 61.1. The van der Waals surface area contributed by atoms with Crippen molar-refractivity contribution in [1.82, 2.24) is 40.4 Å². The summed E-state index contributed by atoms with van der Waals surface area (Å²) in [6, 6.07) is 9.70. The minimum atomic E-state index is -0.195.